The molecule has 1 aliphatic rings. The van der Waals surface area contributed by atoms with E-state index in [4.69, 9.17) is 0 Å². The first-order chi connectivity index (χ1) is 13.2. The second kappa shape index (κ2) is 8.21. The van der Waals surface area contributed by atoms with Crippen molar-refractivity contribution in [3.8, 4) is 0 Å². The Morgan fingerprint density at radius 1 is 0.700 bits per heavy atom. The molecule has 1 unspecified atom stereocenters. The molecule has 1 aliphatic carbocycles. The zero-order valence-corrected chi connectivity index (χ0v) is 15.7. The molecule has 1 atom stereocenters. The van der Waals surface area contributed by atoms with Crippen molar-refractivity contribution in [3.63, 3.8) is 0 Å². The van der Waals surface area contributed by atoms with Gasteiger partial charge in [-0.25, -0.2) is 0 Å². The molecule has 0 bridgehead atoms. The number of hydrogen-bond donors (Lipinski definition) is 1. The lowest BCUT2D eigenvalue weighted by Gasteiger charge is -2.48. The number of hydrogen-bond acceptors (Lipinski definition) is 2. The highest BCUT2D eigenvalue weighted by Gasteiger charge is 2.78. The van der Waals surface area contributed by atoms with Crippen molar-refractivity contribution in [3.05, 3.63) is 0 Å². The van der Waals surface area contributed by atoms with Gasteiger partial charge in [-0.1, -0.05) is 6.92 Å². The van der Waals surface area contributed by atoms with Crippen LogP contribution in [0.4, 0.5) is 52.7 Å². The fourth-order valence-electron chi connectivity index (χ4n) is 3.80. The average Bonchev–Trinajstić information content (AvgIpc) is 2.54. The lowest BCUT2D eigenvalue weighted by Crippen LogP contribution is -2.66. The van der Waals surface area contributed by atoms with Crippen LogP contribution < -0.4 is 0 Å². The highest BCUT2D eigenvalue weighted by molar-refractivity contribution is 5.06. The first-order valence-electron chi connectivity index (χ1n) is 8.83. The minimum Gasteiger partial charge on any atom is -0.373 e. The topological polar surface area (TPSA) is 29.5 Å². The third-order valence-corrected chi connectivity index (χ3v) is 5.56. The van der Waals surface area contributed by atoms with Crippen molar-refractivity contribution in [2.75, 3.05) is 0 Å². The van der Waals surface area contributed by atoms with Crippen molar-refractivity contribution in [1.29, 1.82) is 0 Å². The summed E-state index contributed by atoms with van der Waals surface area (Å²) in [4.78, 5) is 0. The summed E-state index contributed by atoms with van der Waals surface area (Å²) in [5, 5.41) is 9.38. The van der Waals surface area contributed by atoms with Gasteiger partial charge in [-0.05, 0) is 39.0 Å². The quantitative estimate of drug-likeness (QED) is 0.474. The van der Waals surface area contributed by atoms with Crippen LogP contribution in [0.3, 0.4) is 0 Å². The van der Waals surface area contributed by atoms with Gasteiger partial charge in [-0.15, -0.1) is 0 Å². The van der Waals surface area contributed by atoms with Crippen LogP contribution in [0, 0.1) is 11.8 Å². The number of rotatable bonds is 5. The lowest BCUT2D eigenvalue weighted by atomic mass is 9.67. The largest absolute Gasteiger partial charge is 0.426 e. The molecular formula is C16H20F12O2. The van der Waals surface area contributed by atoms with E-state index in [9.17, 15) is 57.8 Å². The van der Waals surface area contributed by atoms with E-state index in [0.29, 0.717) is 0 Å². The summed E-state index contributed by atoms with van der Waals surface area (Å²) in [6.07, 6.45) is -31.7. The summed E-state index contributed by atoms with van der Waals surface area (Å²) < 4.78 is 164. The van der Waals surface area contributed by atoms with E-state index >= 15 is 0 Å². The number of alkyl halides is 12. The maximum atomic E-state index is 13.6. The molecule has 180 valence electrons. The van der Waals surface area contributed by atoms with E-state index in [0.717, 1.165) is 6.92 Å². The maximum Gasteiger partial charge on any atom is 0.426 e. The minimum absolute atomic E-state index is 0.259. The Kier molecular flexibility index (Phi) is 7.42. The van der Waals surface area contributed by atoms with Crippen LogP contribution in [0.5, 0.6) is 0 Å². The van der Waals surface area contributed by atoms with Gasteiger partial charge >= 0.3 is 24.7 Å². The van der Waals surface area contributed by atoms with E-state index in [1.807, 2.05) is 0 Å². The SMILES string of the molecule is CCC(C)OC(C1CCC(C(O)(C(F)(F)F)C(F)(F)F)CC1)(C(F)(F)F)C(F)(F)F. The first kappa shape index (κ1) is 27.1. The summed E-state index contributed by atoms with van der Waals surface area (Å²) in [6, 6.07) is 0. The Labute approximate surface area is 163 Å². The smallest absolute Gasteiger partial charge is 0.373 e. The Morgan fingerprint density at radius 3 is 1.30 bits per heavy atom. The second-order valence-corrected chi connectivity index (χ2v) is 7.38. The van der Waals surface area contributed by atoms with Gasteiger partial charge in [0.1, 0.15) is 0 Å². The molecule has 2 nitrogen and oxygen atoms in total. The standard InChI is InChI=1S/C16H20F12O2/c1-3-8(2)30-12(15(23,24)25,16(26,27)28)10-6-4-9(5-7-10)11(29,13(17,18)19)14(20,21)22/h8-10,29H,3-7H2,1-2H3. The van der Waals surface area contributed by atoms with Crippen LogP contribution in [0.1, 0.15) is 46.0 Å². The highest BCUT2D eigenvalue weighted by atomic mass is 19.4. The normalized spacial score (nSPS) is 24.1. The summed E-state index contributed by atoms with van der Waals surface area (Å²) in [5.74, 6) is -5.13. The van der Waals surface area contributed by atoms with E-state index in [-0.39, 0.29) is 6.42 Å². The number of aliphatic hydroxyl groups is 1. The van der Waals surface area contributed by atoms with Gasteiger partial charge in [0.15, 0.2) is 0 Å². The summed E-state index contributed by atoms with van der Waals surface area (Å²) in [7, 11) is 0. The van der Waals surface area contributed by atoms with Gasteiger partial charge < -0.3 is 9.84 Å². The maximum absolute atomic E-state index is 13.6. The van der Waals surface area contributed by atoms with Crippen LogP contribution in [0.25, 0.3) is 0 Å². The van der Waals surface area contributed by atoms with Gasteiger partial charge in [0.05, 0.1) is 6.10 Å². The summed E-state index contributed by atoms with van der Waals surface area (Å²) in [6.45, 7) is 2.18. The molecule has 0 aromatic carbocycles. The molecule has 0 saturated heterocycles. The van der Waals surface area contributed by atoms with E-state index in [1.54, 1.807) is 0 Å². The van der Waals surface area contributed by atoms with Gasteiger partial charge in [-0.3, -0.25) is 0 Å². The monoisotopic (exact) mass is 472 g/mol. The fourth-order valence-corrected chi connectivity index (χ4v) is 3.80. The van der Waals surface area contributed by atoms with Gasteiger partial charge in [-0.2, -0.15) is 52.7 Å². The van der Waals surface area contributed by atoms with Crippen molar-refractivity contribution in [2.45, 2.75) is 88.0 Å². The zero-order chi connectivity index (χ0) is 24.0. The van der Waals surface area contributed by atoms with Crippen LogP contribution in [0.2, 0.25) is 0 Å². The van der Waals surface area contributed by atoms with Crippen molar-refractivity contribution < 1.29 is 62.5 Å². The molecule has 1 fully saturated rings. The molecule has 0 heterocycles. The molecule has 0 aliphatic heterocycles. The van der Waals surface area contributed by atoms with Crippen LogP contribution in [-0.4, -0.2) is 47.1 Å². The Bertz CT molecular complexity index is 539. The first-order valence-corrected chi connectivity index (χ1v) is 8.83. The molecule has 1 saturated carbocycles. The van der Waals surface area contributed by atoms with E-state index in [2.05, 4.69) is 4.74 Å². The van der Waals surface area contributed by atoms with Crippen LogP contribution in [0.15, 0.2) is 0 Å². The number of halogens is 12. The third-order valence-electron chi connectivity index (χ3n) is 5.56. The highest BCUT2D eigenvalue weighted by Crippen LogP contribution is 2.58. The molecule has 30 heavy (non-hydrogen) atoms. The molecule has 0 aromatic heterocycles. The van der Waals surface area contributed by atoms with E-state index in [1.165, 1.54) is 6.92 Å². The molecule has 1 rings (SSSR count). The Morgan fingerprint density at radius 2 is 1.03 bits per heavy atom. The fraction of sp³-hybridized carbons (Fsp3) is 1.00. The Hall–Kier alpha value is -0.920. The van der Waals surface area contributed by atoms with E-state index < -0.39 is 79.5 Å². The lowest BCUT2D eigenvalue weighted by molar-refractivity contribution is -0.413. The van der Waals surface area contributed by atoms with Crippen LogP contribution in [-0.2, 0) is 4.74 Å². The predicted molar refractivity (Wildman–Crippen MR) is 78.2 cm³/mol. The van der Waals surface area contributed by atoms with Gasteiger partial charge in [0.2, 0.25) is 0 Å². The van der Waals surface area contributed by atoms with Gasteiger partial charge in [0.25, 0.3) is 11.2 Å². The van der Waals surface area contributed by atoms with Crippen molar-refractivity contribution in [1.82, 2.24) is 0 Å². The average molecular weight is 472 g/mol. The van der Waals surface area contributed by atoms with Gasteiger partial charge in [0, 0.05) is 11.8 Å². The predicted octanol–water partition coefficient (Wildman–Crippen LogP) is 6.33. The molecular weight excluding hydrogens is 452 g/mol. The molecule has 0 amide bonds. The van der Waals surface area contributed by atoms with Crippen molar-refractivity contribution in [2.24, 2.45) is 11.8 Å². The summed E-state index contributed by atoms with van der Waals surface area (Å²) in [5.41, 5.74) is -10.0. The Balaban J connectivity index is 3.35. The molecule has 0 spiro atoms. The molecule has 0 aromatic rings. The third kappa shape index (κ3) is 4.49. The van der Waals surface area contributed by atoms with Crippen molar-refractivity contribution >= 4 is 0 Å². The molecule has 1 N–H and O–H groups in total. The number of ether oxygens (including phenoxy) is 1. The molecule has 0 radical (unpaired) electrons. The van der Waals surface area contributed by atoms with Crippen LogP contribution >= 0.6 is 0 Å². The molecule has 14 heteroatoms. The summed E-state index contributed by atoms with van der Waals surface area (Å²) >= 11 is 0. The zero-order valence-electron chi connectivity index (χ0n) is 15.7. The second-order valence-electron chi connectivity index (χ2n) is 7.38. The minimum atomic E-state index is -6.22.